The number of rotatable bonds is 6. The van der Waals surface area contributed by atoms with Crippen molar-refractivity contribution in [2.24, 2.45) is 0 Å². The maximum Gasteiger partial charge on any atom is 0.278 e. The van der Waals surface area contributed by atoms with Gasteiger partial charge in [0.25, 0.3) is 5.91 Å². The van der Waals surface area contributed by atoms with Crippen LogP contribution in [0, 0.1) is 0 Å². The Labute approximate surface area is 251 Å². The normalized spacial score (nSPS) is 14.0. The Morgan fingerprint density at radius 1 is 0.780 bits per heavy atom. The summed E-state index contributed by atoms with van der Waals surface area (Å²) in [7, 11) is 0. The maximum absolute atomic E-state index is 12.4. The van der Waals surface area contributed by atoms with Gasteiger partial charge in [-0.3, -0.25) is 4.79 Å². The number of hydrogen-bond donors (Lipinski definition) is 8. The molecule has 4 heterocycles. The van der Waals surface area contributed by atoms with Crippen LogP contribution in [0.3, 0.4) is 0 Å². The Kier molecular flexibility index (Phi) is 15.3. The van der Waals surface area contributed by atoms with E-state index >= 15 is 0 Å². The van der Waals surface area contributed by atoms with Crippen molar-refractivity contribution in [3.05, 3.63) is 42.2 Å². The molecule has 236 valence electrons. The lowest BCUT2D eigenvalue weighted by atomic mass is 10.1. The molecule has 5 rings (SSSR count). The van der Waals surface area contributed by atoms with Crippen LogP contribution in [-0.4, -0.2) is 62.2 Å². The van der Waals surface area contributed by atoms with Gasteiger partial charge in [0.2, 0.25) is 17.8 Å². The third-order valence-corrected chi connectivity index (χ3v) is 6.39. The molecule has 2 aromatic heterocycles. The molecule has 41 heavy (non-hydrogen) atoms. The average molecular weight is 603 g/mol. The number of piperidine rings is 2. The number of phenolic OH excluding ortho intramolecular Hbond substituents is 1. The van der Waals surface area contributed by atoms with Gasteiger partial charge in [0.1, 0.15) is 11.5 Å². The van der Waals surface area contributed by atoms with Crippen molar-refractivity contribution in [3.8, 4) is 11.5 Å². The molecule has 0 unspecified atom stereocenters. The van der Waals surface area contributed by atoms with Crippen LogP contribution in [0.15, 0.2) is 36.5 Å². The van der Waals surface area contributed by atoms with E-state index in [0.29, 0.717) is 23.5 Å². The second-order valence-electron chi connectivity index (χ2n) is 9.04. The third kappa shape index (κ3) is 8.99. The van der Waals surface area contributed by atoms with Crippen molar-refractivity contribution in [2.45, 2.75) is 38.5 Å². The SMILES string of the molecule is Cl.N.N.N.N.O=C(Nc1ccc(Nc2nc(N3CCCCC3)nc(N3CCCCC3)n2)cc1O)c1ncccc1O.[HH].[HH].[HH].[HH]. The second-order valence-corrected chi connectivity index (χ2v) is 9.04. The number of carbonyl (C=O) groups excluding carboxylic acids is 1. The first-order chi connectivity index (χ1) is 17.6. The Bertz CT molecular complexity index is 1220. The van der Waals surface area contributed by atoms with Crippen LogP contribution >= 0.6 is 12.4 Å². The number of anilines is 5. The van der Waals surface area contributed by atoms with E-state index in [1.807, 2.05) is 0 Å². The number of nitrogens with one attached hydrogen (secondary N) is 2. The van der Waals surface area contributed by atoms with Crippen LogP contribution in [0.25, 0.3) is 0 Å². The van der Waals surface area contributed by atoms with Gasteiger partial charge in [0, 0.05) is 49.8 Å². The summed E-state index contributed by atoms with van der Waals surface area (Å²) in [6.45, 7) is 3.68. The van der Waals surface area contributed by atoms with E-state index in [-0.39, 0.29) is 65.6 Å². The predicted molar refractivity (Wildman–Crippen MR) is 173 cm³/mol. The van der Waals surface area contributed by atoms with Crippen molar-refractivity contribution in [3.63, 3.8) is 0 Å². The fourth-order valence-electron chi connectivity index (χ4n) is 4.48. The first-order valence-electron chi connectivity index (χ1n) is 12.4. The summed E-state index contributed by atoms with van der Waals surface area (Å²) in [5.74, 6) is 0.716. The van der Waals surface area contributed by atoms with Gasteiger partial charge in [-0.1, -0.05) is 0 Å². The van der Waals surface area contributed by atoms with Crippen LogP contribution < -0.4 is 45.0 Å². The van der Waals surface area contributed by atoms with Crippen LogP contribution in [0.4, 0.5) is 29.2 Å². The highest BCUT2D eigenvalue weighted by atomic mass is 35.5. The van der Waals surface area contributed by atoms with Crippen molar-refractivity contribution in [1.29, 1.82) is 0 Å². The Balaban J connectivity index is -0.000000593. The lowest BCUT2D eigenvalue weighted by molar-refractivity contribution is 0.101. The Hall–Kier alpha value is -4.02. The molecule has 16 N–H and O–H groups in total. The number of nitrogens with zero attached hydrogens (tertiary/aromatic N) is 6. The molecule has 0 saturated carbocycles. The Morgan fingerprint density at radius 2 is 1.34 bits per heavy atom. The highest BCUT2D eigenvalue weighted by Gasteiger charge is 2.21. The molecule has 1 aromatic carbocycles. The van der Waals surface area contributed by atoms with Crippen LogP contribution in [-0.2, 0) is 0 Å². The van der Waals surface area contributed by atoms with E-state index in [2.05, 4.69) is 35.4 Å². The maximum atomic E-state index is 12.4. The fourth-order valence-corrected chi connectivity index (χ4v) is 4.48. The molecule has 2 saturated heterocycles. The van der Waals surface area contributed by atoms with Gasteiger partial charge in [-0.05, 0) is 62.8 Å². The van der Waals surface area contributed by atoms with Gasteiger partial charge in [0.15, 0.2) is 5.69 Å². The molecule has 0 radical (unpaired) electrons. The Morgan fingerprint density at radius 3 is 1.85 bits per heavy atom. The molecular formula is C25H51ClN12O3. The summed E-state index contributed by atoms with van der Waals surface area (Å²) >= 11 is 0. The van der Waals surface area contributed by atoms with E-state index in [4.69, 9.17) is 4.98 Å². The van der Waals surface area contributed by atoms with E-state index in [0.717, 1.165) is 51.9 Å². The van der Waals surface area contributed by atoms with E-state index < -0.39 is 5.91 Å². The summed E-state index contributed by atoms with van der Waals surface area (Å²) in [5, 5.41) is 26.1. The molecule has 3 aromatic rings. The van der Waals surface area contributed by atoms with Crippen molar-refractivity contribution < 1.29 is 20.7 Å². The zero-order valence-corrected chi connectivity index (χ0v) is 24.1. The molecule has 2 fully saturated rings. The minimum atomic E-state index is -0.626. The van der Waals surface area contributed by atoms with Gasteiger partial charge >= 0.3 is 0 Å². The molecule has 2 aliphatic rings. The number of benzene rings is 1. The van der Waals surface area contributed by atoms with Crippen LogP contribution in [0.2, 0.25) is 0 Å². The monoisotopic (exact) mass is 602 g/mol. The van der Waals surface area contributed by atoms with Crippen LogP contribution in [0.1, 0.15) is 54.7 Å². The van der Waals surface area contributed by atoms with E-state index in [1.165, 1.54) is 37.2 Å². The zero-order chi connectivity index (χ0) is 24.9. The topological polar surface area (TPSA) is 280 Å². The predicted octanol–water partition coefficient (Wildman–Crippen LogP) is 5.71. The number of aromatic hydroxyl groups is 2. The number of phenols is 1. The summed E-state index contributed by atoms with van der Waals surface area (Å²) in [5.41, 5.74) is 0.626. The van der Waals surface area contributed by atoms with Crippen molar-refractivity contribution in [1.82, 2.24) is 44.5 Å². The highest BCUT2D eigenvalue weighted by Crippen LogP contribution is 2.30. The molecule has 0 bridgehead atoms. The quantitative estimate of drug-likeness (QED) is 0.157. The lowest BCUT2D eigenvalue weighted by Crippen LogP contribution is -2.34. The fraction of sp³-hybridized carbons (Fsp3) is 0.400. The summed E-state index contributed by atoms with van der Waals surface area (Å²) < 4.78 is 0. The molecule has 1 amide bonds. The average Bonchev–Trinajstić information content (AvgIpc) is 2.91. The lowest BCUT2D eigenvalue weighted by Gasteiger charge is -2.30. The minimum Gasteiger partial charge on any atom is -0.506 e. The molecule has 0 aliphatic carbocycles. The first-order valence-corrected chi connectivity index (χ1v) is 12.4. The summed E-state index contributed by atoms with van der Waals surface area (Å²) in [6.07, 6.45) is 8.30. The molecule has 0 atom stereocenters. The van der Waals surface area contributed by atoms with Crippen molar-refractivity contribution in [2.75, 3.05) is 46.6 Å². The third-order valence-electron chi connectivity index (χ3n) is 6.39. The number of carbonyl (C=O) groups is 1. The molecule has 0 spiro atoms. The van der Waals surface area contributed by atoms with Gasteiger partial charge < -0.3 is 55.2 Å². The number of pyridine rings is 1. The molecular weight excluding hydrogens is 552 g/mol. The van der Waals surface area contributed by atoms with Gasteiger partial charge in [-0.2, -0.15) is 15.0 Å². The van der Waals surface area contributed by atoms with Gasteiger partial charge in [-0.25, -0.2) is 4.98 Å². The minimum absolute atomic E-state index is 0. The molecule has 2 aliphatic heterocycles. The number of amides is 1. The zero-order valence-electron chi connectivity index (χ0n) is 23.3. The summed E-state index contributed by atoms with van der Waals surface area (Å²) in [6, 6.07) is 7.66. The standard InChI is InChI=1S/C25H30N8O3.ClH.4H3N.4H2/c34-19-8-7-11-26-21(19)22(36)28-18-10-9-17(16-20(18)35)27-23-29-24(32-12-3-1-4-13-32)31-25(30-23)33-14-5-2-6-15-33;;;;;;;;;/h7-11,16,34-35H,1-6,12-15H2,(H,28,36)(H,27,29,30,31);1H;4*1H3;4*1H. The van der Waals surface area contributed by atoms with E-state index in [9.17, 15) is 15.0 Å². The van der Waals surface area contributed by atoms with Crippen LogP contribution in [0.5, 0.6) is 11.5 Å². The summed E-state index contributed by atoms with van der Waals surface area (Å²) in [4.78, 5) is 34.9. The second kappa shape index (κ2) is 16.9. The van der Waals surface area contributed by atoms with Gasteiger partial charge in [-0.15, -0.1) is 12.4 Å². The number of hydrogen-bond acceptors (Lipinski definition) is 14. The number of aromatic nitrogens is 4. The number of halogens is 1. The van der Waals surface area contributed by atoms with Gasteiger partial charge in [0.05, 0.1) is 5.69 Å². The smallest absolute Gasteiger partial charge is 0.278 e. The van der Waals surface area contributed by atoms with Crippen molar-refractivity contribution >= 4 is 47.5 Å². The molecule has 15 nitrogen and oxygen atoms in total. The molecule has 16 heteroatoms. The largest absolute Gasteiger partial charge is 0.506 e. The van der Waals surface area contributed by atoms with E-state index in [1.54, 1.807) is 12.1 Å². The first kappa shape index (κ1) is 37.0. The highest BCUT2D eigenvalue weighted by molar-refractivity contribution is 6.05.